The standard InChI is InChI=1S/C27H32F3N3O4S.C27H32FN3O5S/c1-17-24(18-8-7-9-21(14-18)38(35,36)32(5)6)22-15-19(25(29)30)10-11-23(22)33(17)16-20(28)12-13-31-26(34)37-27(2,3)4;1-18-25(20-8-7-9-22(15-20)37(34,35)30(5)6)23-14-19(17-32)10-11-24(23)31(18)16-21(28)12-13-29-26(33)36-27(2,3)4/h7-12,14-15,25H,13,16H2,1-6H3,(H,31,34);7-12,14-15,17H,13,16H2,1-6H3,(H,29,33)/b20-12-;21-12-. The summed E-state index contributed by atoms with van der Waals surface area (Å²) in [5.74, 6) is -1.04. The van der Waals surface area contributed by atoms with E-state index in [-0.39, 0.29) is 41.5 Å². The third-order valence-corrected chi connectivity index (χ3v) is 15.1. The molecule has 6 rings (SSSR count). The van der Waals surface area contributed by atoms with Crippen LogP contribution in [0.2, 0.25) is 0 Å². The van der Waals surface area contributed by atoms with Gasteiger partial charge in [0, 0.05) is 96.7 Å². The van der Waals surface area contributed by atoms with Crippen molar-refractivity contribution < 1.29 is 58.3 Å². The molecule has 2 heterocycles. The summed E-state index contributed by atoms with van der Waals surface area (Å²) in [6, 6.07) is 22.0. The lowest BCUT2D eigenvalue weighted by Gasteiger charge is -2.19. The van der Waals surface area contributed by atoms with Gasteiger partial charge in [0.15, 0.2) is 0 Å². The number of alkyl halides is 2. The van der Waals surface area contributed by atoms with E-state index >= 15 is 0 Å². The van der Waals surface area contributed by atoms with Crippen molar-refractivity contribution in [2.24, 2.45) is 0 Å². The highest BCUT2D eigenvalue weighted by Crippen LogP contribution is 2.39. The number of hydrogen-bond acceptors (Lipinski definition) is 9. The molecule has 0 aliphatic carbocycles. The van der Waals surface area contributed by atoms with Crippen LogP contribution in [0.3, 0.4) is 0 Å². The van der Waals surface area contributed by atoms with Crippen molar-refractivity contribution in [2.75, 3.05) is 41.3 Å². The fraction of sp³-hybridized carbons (Fsp3) is 0.352. The maximum atomic E-state index is 15.0. The number of fused-ring (bicyclic) bond motifs is 2. The lowest BCUT2D eigenvalue weighted by atomic mass is 10.0. The number of aldehydes is 1. The fourth-order valence-corrected chi connectivity index (χ4v) is 9.84. The lowest BCUT2D eigenvalue weighted by Crippen LogP contribution is -2.32. The minimum atomic E-state index is -3.74. The maximum absolute atomic E-state index is 15.0. The number of halogens is 4. The first kappa shape index (κ1) is 59.1. The average Bonchev–Trinajstić information content (AvgIpc) is 3.74. The number of rotatable bonds is 16. The molecular formula is C54H64F4N6O9S2. The van der Waals surface area contributed by atoms with Crippen LogP contribution in [0.1, 0.15) is 75.3 Å². The van der Waals surface area contributed by atoms with Gasteiger partial charge in [0.25, 0.3) is 6.43 Å². The highest BCUT2D eigenvalue weighted by molar-refractivity contribution is 7.89. The molecule has 2 aromatic heterocycles. The normalized spacial score (nSPS) is 12.8. The molecule has 0 aliphatic heterocycles. The van der Waals surface area contributed by atoms with E-state index in [9.17, 15) is 48.8 Å². The van der Waals surface area contributed by atoms with Crippen LogP contribution >= 0.6 is 0 Å². The number of amides is 2. The number of alkyl carbamates (subject to hydrolysis) is 2. The van der Waals surface area contributed by atoms with Crippen LogP contribution in [0, 0.1) is 13.8 Å². The van der Waals surface area contributed by atoms with Crippen molar-refractivity contribution in [3.8, 4) is 22.3 Å². The van der Waals surface area contributed by atoms with Gasteiger partial charge in [-0.3, -0.25) is 4.79 Å². The van der Waals surface area contributed by atoms with Crippen molar-refractivity contribution >= 4 is 60.3 Å². The van der Waals surface area contributed by atoms with Gasteiger partial charge in [0.05, 0.1) is 22.9 Å². The Labute approximate surface area is 435 Å². The Bertz CT molecular complexity index is 3390. The van der Waals surface area contributed by atoms with Gasteiger partial charge >= 0.3 is 12.2 Å². The Morgan fingerprint density at radius 3 is 1.40 bits per heavy atom. The average molecular weight is 1080 g/mol. The second kappa shape index (κ2) is 23.8. The first-order valence-electron chi connectivity index (χ1n) is 23.5. The third kappa shape index (κ3) is 14.7. The molecule has 0 atom stereocenters. The summed E-state index contributed by atoms with van der Waals surface area (Å²) in [6.07, 6.45) is -0.849. The van der Waals surface area contributed by atoms with Crippen molar-refractivity contribution in [1.82, 2.24) is 28.4 Å². The first-order chi connectivity index (χ1) is 34.9. The SMILES string of the molecule is Cc1c(-c2cccc(S(=O)(=O)N(C)C)c2)c2cc(C(F)F)ccc2n1C/C(F)=C/CNC(=O)OC(C)(C)C.Cc1c(-c2cccc(S(=O)(=O)N(C)C)c2)c2cc(C=O)ccc2n1C/C(F)=C/CNC(=O)OC(C)(C)C. The number of hydrogen-bond donors (Lipinski definition) is 2. The second-order valence-electron chi connectivity index (χ2n) is 19.8. The Morgan fingerprint density at radius 2 is 1.03 bits per heavy atom. The molecule has 4 aromatic carbocycles. The number of allylic oxidation sites excluding steroid dienone is 2. The monoisotopic (exact) mass is 1080 g/mol. The van der Waals surface area contributed by atoms with E-state index in [1.165, 1.54) is 76.7 Å². The number of aromatic nitrogens is 2. The first-order valence-corrected chi connectivity index (χ1v) is 26.4. The summed E-state index contributed by atoms with van der Waals surface area (Å²) in [4.78, 5) is 35.3. The van der Waals surface area contributed by atoms with Crippen LogP contribution in [0.4, 0.5) is 27.2 Å². The van der Waals surface area contributed by atoms with Gasteiger partial charge in [-0.05, 0) is 133 Å². The minimum Gasteiger partial charge on any atom is -0.444 e. The highest BCUT2D eigenvalue weighted by atomic mass is 32.2. The molecule has 0 unspecified atom stereocenters. The molecular weight excluding hydrogens is 1020 g/mol. The number of carbonyl (C=O) groups is 3. The van der Waals surface area contributed by atoms with Gasteiger partial charge in [-0.25, -0.2) is 52.6 Å². The molecule has 2 amide bonds. The largest absolute Gasteiger partial charge is 0.444 e. The van der Waals surface area contributed by atoms with Crippen LogP contribution in [0.25, 0.3) is 44.1 Å². The molecule has 21 heteroatoms. The number of benzene rings is 4. The molecule has 0 bridgehead atoms. The minimum absolute atomic E-state index is 0.0459. The number of nitrogens with one attached hydrogen (secondary N) is 2. The van der Waals surface area contributed by atoms with E-state index in [2.05, 4.69) is 10.6 Å². The maximum Gasteiger partial charge on any atom is 0.407 e. The smallest absolute Gasteiger partial charge is 0.407 e. The van der Waals surface area contributed by atoms with E-state index in [0.29, 0.717) is 61.0 Å². The van der Waals surface area contributed by atoms with Gasteiger partial charge in [0.1, 0.15) is 29.1 Å². The summed E-state index contributed by atoms with van der Waals surface area (Å²) in [6.45, 7) is 13.4. The molecule has 2 N–H and O–H groups in total. The highest BCUT2D eigenvalue weighted by Gasteiger charge is 2.25. The number of sulfonamides is 2. The molecule has 6 aromatic rings. The summed E-state index contributed by atoms with van der Waals surface area (Å²) >= 11 is 0. The number of nitrogens with zero attached hydrogens (tertiary/aromatic N) is 4. The summed E-state index contributed by atoms with van der Waals surface area (Å²) in [5, 5.41) is 6.09. The van der Waals surface area contributed by atoms with Gasteiger partial charge in [-0.1, -0.05) is 30.3 Å². The predicted octanol–water partition coefficient (Wildman–Crippen LogP) is 11.2. The van der Waals surface area contributed by atoms with E-state index in [1.54, 1.807) is 106 Å². The number of carbonyl (C=O) groups excluding carboxylic acids is 3. The zero-order valence-corrected chi connectivity index (χ0v) is 45.6. The molecule has 0 fully saturated rings. The molecule has 0 aliphatic rings. The van der Waals surface area contributed by atoms with Crippen LogP contribution in [-0.2, 0) is 42.6 Å². The second-order valence-corrected chi connectivity index (χ2v) is 24.1. The zero-order valence-electron chi connectivity index (χ0n) is 44.0. The van der Waals surface area contributed by atoms with E-state index in [4.69, 9.17) is 9.47 Å². The molecule has 0 spiro atoms. The van der Waals surface area contributed by atoms with E-state index < -0.39 is 61.5 Å². The Hall–Kier alpha value is -6.81. The van der Waals surface area contributed by atoms with Crippen molar-refractivity contribution in [3.63, 3.8) is 0 Å². The van der Waals surface area contributed by atoms with Gasteiger partial charge < -0.3 is 29.2 Å². The van der Waals surface area contributed by atoms with Gasteiger partial charge in [-0.15, -0.1) is 0 Å². The zero-order chi connectivity index (χ0) is 56.0. The molecule has 75 heavy (non-hydrogen) atoms. The molecule has 0 radical (unpaired) electrons. The fourth-order valence-electron chi connectivity index (χ4n) is 7.94. The van der Waals surface area contributed by atoms with Crippen molar-refractivity contribution in [3.05, 3.63) is 131 Å². The van der Waals surface area contributed by atoms with E-state index in [1.807, 2.05) is 6.92 Å². The number of ether oxygens (including phenoxy) is 2. The van der Waals surface area contributed by atoms with Gasteiger partial charge in [-0.2, -0.15) is 0 Å². The third-order valence-electron chi connectivity index (χ3n) is 11.4. The Morgan fingerprint density at radius 1 is 0.627 bits per heavy atom. The molecule has 404 valence electrons. The van der Waals surface area contributed by atoms with Gasteiger partial charge in [0.2, 0.25) is 20.0 Å². The topological polar surface area (TPSA) is 178 Å². The predicted molar refractivity (Wildman–Crippen MR) is 283 cm³/mol. The van der Waals surface area contributed by atoms with Crippen molar-refractivity contribution in [1.29, 1.82) is 0 Å². The quantitative estimate of drug-likeness (QED) is 0.0705. The summed E-state index contributed by atoms with van der Waals surface area (Å²) in [5.41, 5.74) is 3.69. The van der Waals surface area contributed by atoms with Crippen LogP contribution in [0.15, 0.2) is 119 Å². The summed E-state index contributed by atoms with van der Waals surface area (Å²) in [7, 11) is -1.66. The van der Waals surface area contributed by atoms with Crippen molar-refractivity contribution in [2.45, 2.75) is 95.9 Å². The summed E-state index contributed by atoms with van der Waals surface area (Å²) < 4.78 is 124. The Balaban J connectivity index is 0.000000277. The van der Waals surface area contributed by atoms with E-state index in [0.717, 1.165) is 14.9 Å². The Kier molecular flexibility index (Phi) is 18.8. The van der Waals surface area contributed by atoms with Crippen LogP contribution < -0.4 is 10.6 Å². The lowest BCUT2D eigenvalue weighted by molar-refractivity contribution is 0.0522. The molecule has 0 saturated carbocycles. The molecule has 15 nitrogen and oxygen atoms in total. The van der Waals surface area contributed by atoms with Crippen LogP contribution in [-0.4, -0.2) is 106 Å². The van der Waals surface area contributed by atoms with Crippen LogP contribution in [0.5, 0.6) is 0 Å². The molecule has 0 saturated heterocycles.